The monoisotopic (exact) mass is 139 g/mol. The number of nitrogens with one attached hydrogen (secondary N) is 1. The molecular weight excluding hydrogens is 130 g/mol. The van der Waals surface area contributed by atoms with Crippen LogP contribution in [-0.2, 0) is 11.2 Å². The minimum atomic E-state index is 0.670. The number of hydrogen-bond donors (Lipinski definition) is 1. The Kier molecular flexibility index (Phi) is 2.55. The van der Waals surface area contributed by atoms with Crippen LogP contribution in [0.2, 0.25) is 0 Å². The molecular formula is C7H9NO2. The molecule has 1 heterocycles. The molecule has 1 aromatic rings. The predicted molar refractivity (Wildman–Crippen MR) is 36.5 cm³/mol. The standard InChI is InChI=1S/C7H9NO2/c9-6-8-3-1-7-2-4-10-5-7/h2,4-6H,1,3H2,(H,8,9). The van der Waals surface area contributed by atoms with Gasteiger partial charge in [-0.2, -0.15) is 0 Å². The predicted octanol–water partition coefficient (Wildman–Crippen LogP) is 0.568. The van der Waals surface area contributed by atoms with Crippen molar-refractivity contribution >= 4 is 6.41 Å². The SMILES string of the molecule is O=CNCCc1ccoc1. The van der Waals surface area contributed by atoms with E-state index in [-0.39, 0.29) is 0 Å². The number of furan rings is 1. The maximum atomic E-state index is 9.80. The van der Waals surface area contributed by atoms with Crippen LogP contribution >= 0.6 is 0 Å². The zero-order valence-corrected chi connectivity index (χ0v) is 5.54. The van der Waals surface area contributed by atoms with Gasteiger partial charge in [0.05, 0.1) is 12.5 Å². The number of hydrogen-bond acceptors (Lipinski definition) is 2. The molecule has 1 rings (SSSR count). The summed E-state index contributed by atoms with van der Waals surface area (Å²) < 4.78 is 4.83. The van der Waals surface area contributed by atoms with E-state index >= 15 is 0 Å². The third-order valence-corrected chi connectivity index (χ3v) is 1.22. The molecule has 0 spiro atoms. The Morgan fingerprint density at radius 1 is 1.70 bits per heavy atom. The molecule has 0 unspecified atom stereocenters. The quantitative estimate of drug-likeness (QED) is 0.489. The van der Waals surface area contributed by atoms with Gasteiger partial charge < -0.3 is 9.73 Å². The van der Waals surface area contributed by atoms with Crippen molar-refractivity contribution in [1.82, 2.24) is 5.32 Å². The molecule has 1 aromatic heterocycles. The summed E-state index contributed by atoms with van der Waals surface area (Å²) in [5, 5.41) is 2.56. The fourth-order valence-corrected chi connectivity index (χ4v) is 0.710. The van der Waals surface area contributed by atoms with Gasteiger partial charge in [0.2, 0.25) is 6.41 Å². The fourth-order valence-electron chi connectivity index (χ4n) is 0.710. The lowest BCUT2D eigenvalue weighted by Gasteiger charge is -1.92. The van der Waals surface area contributed by atoms with Crippen LogP contribution in [0.4, 0.5) is 0 Å². The Bertz CT molecular complexity index is 181. The summed E-state index contributed by atoms with van der Waals surface area (Å²) in [4.78, 5) is 9.80. The largest absolute Gasteiger partial charge is 0.472 e. The van der Waals surface area contributed by atoms with Crippen LogP contribution in [0.15, 0.2) is 23.0 Å². The molecule has 1 amide bonds. The molecule has 0 aliphatic heterocycles. The maximum absolute atomic E-state index is 9.80. The molecule has 0 atom stereocenters. The van der Waals surface area contributed by atoms with Gasteiger partial charge in [-0.3, -0.25) is 4.79 Å². The van der Waals surface area contributed by atoms with Gasteiger partial charge in [0, 0.05) is 6.54 Å². The van der Waals surface area contributed by atoms with Gasteiger partial charge in [-0.25, -0.2) is 0 Å². The Balaban J connectivity index is 2.21. The molecule has 0 saturated carbocycles. The van der Waals surface area contributed by atoms with Crippen molar-refractivity contribution in [1.29, 1.82) is 0 Å². The lowest BCUT2D eigenvalue weighted by Crippen LogP contribution is -2.13. The van der Waals surface area contributed by atoms with E-state index in [0.717, 1.165) is 12.0 Å². The van der Waals surface area contributed by atoms with E-state index < -0.39 is 0 Å². The van der Waals surface area contributed by atoms with Gasteiger partial charge in [0.25, 0.3) is 0 Å². The molecule has 0 radical (unpaired) electrons. The average molecular weight is 139 g/mol. The molecule has 3 heteroatoms. The van der Waals surface area contributed by atoms with Crippen molar-refractivity contribution in [2.24, 2.45) is 0 Å². The van der Waals surface area contributed by atoms with Gasteiger partial charge in [-0.1, -0.05) is 0 Å². The van der Waals surface area contributed by atoms with Crippen LogP contribution in [-0.4, -0.2) is 13.0 Å². The van der Waals surface area contributed by atoms with Gasteiger partial charge >= 0.3 is 0 Å². The molecule has 54 valence electrons. The first kappa shape index (κ1) is 6.86. The van der Waals surface area contributed by atoms with Crippen LogP contribution in [0.5, 0.6) is 0 Å². The molecule has 0 aromatic carbocycles. The van der Waals surface area contributed by atoms with E-state index in [1.165, 1.54) is 0 Å². The average Bonchev–Trinajstić information content (AvgIpc) is 2.41. The Hall–Kier alpha value is -1.25. The number of carbonyl (C=O) groups is 1. The summed E-state index contributed by atoms with van der Waals surface area (Å²) in [5.41, 5.74) is 1.11. The van der Waals surface area contributed by atoms with E-state index in [1.54, 1.807) is 12.5 Å². The summed E-state index contributed by atoms with van der Waals surface area (Å²) in [7, 11) is 0. The summed E-state index contributed by atoms with van der Waals surface area (Å²) in [6.45, 7) is 0.670. The summed E-state index contributed by atoms with van der Waals surface area (Å²) in [6, 6.07) is 1.88. The maximum Gasteiger partial charge on any atom is 0.207 e. The highest BCUT2D eigenvalue weighted by Crippen LogP contribution is 1.98. The Labute approximate surface area is 59.0 Å². The van der Waals surface area contributed by atoms with Gasteiger partial charge in [-0.05, 0) is 18.1 Å². The topological polar surface area (TPSA) is 42.2 Å². The molecule has 0 bridgehead atoms. The number of amides is 1. The van der Waals surface area contributed by atoms with Crippen molar-refractivity contribution in [2.45, 2.75) is 6.42 Å². The second-order valence-electron chi connectivity index (χ2n) is 1.95. The van der Waals surface area contributed by atoms with Crippen LogP contribution in [0, 0.1) is 0 Å². The van der Waals surface area contributed by atoms with Crippen LogP contribution in [0.3, 0.4) is 0 Å². The number of rotatable bonds is 4. The van der Waals surface area contributed by atoms with Crippen LogP contribution in [0.1, 0.15) is 5.56 Å². The first-order chi connectivity index (χ1) is 4.93. The summed E-state index contributed by atoms with van der Waals surface area (Å²) in [6.07, 6.45) is 4.82. The normalized spacial score (nSPS) is 9.20. The van der Waals surface area contributed by atoms with E-state index in [0.29, 0.717) is 13.0 Å². The lowest BCUT2D eigenvalue weighted by atomic mass is 10.2. The van der Waals surface area contributed by atoms with E-state index in [1.807, 2.05) is 6.07 Å². The summed E-state index contributed by atoms with van der Waals surface area (Å²) in [5.74, 6) is 0. The van der Waals surface area contributed by atoms with E-state index in [4.69, 9.17) is 4.42 Å². The van der Waals surface area contributed by atoms with Crippen LogP contribution < -0.4 is 5.32 Å². The van der Waals surface area contributed by atoms with Crippen molar-refractivity contribution in [3.63, 3.8) is 0 Å². The molecule has 0 aliphatic rings. The first-order valence-corrected chi connectivity index (χ1v) is 3.11. The second-order valence-corrected chi connectivity index (χ2v) is 1.95. The first-order valence-electron chi connectivity index (χ1n) is 3.11. The highest BCUT2D eigenvalue weighted by atomic mass is 16.3. The van der Waals surface area contributed by atoms with Gasteiger partial charge in [0.15, 0.2) is 0 Å². The fraction of sp³-hybridized carbons (Fsp3) is 0.286. The van der Waals surface area contributed by atoms with Crippen molar-refractivity contribution < 1.29 is 9.21 Å². The highest BCUT2D eigenvalue weighted by Gasteiger charge is 1.91. The van der Waals surface area contributed by atoms with Crippen molar-refractivity contribution in [2.75, 3.05) is 6.54 Å². The molecule has 0 fully saturated rings. The molecule has 0 aliphatic carbocycles. The molecule has 0 saturated heterocycles. The van der Waals surface area contributed by atoms with Gasteiger partial charge in [-0.15, -0.1) is 0 Å². The highest BCUT2D eigenvalue weighted by molar-refractivity contribution is 5.45. The molecule has 10 heavy (non-hydrogen) atoms. The zero-order valence-electron chi connectivity index (χ0n) is 5.54. The minimum Gasteiger partial charge on any atom is -0.472 e. The lowest BCUT2D eigenvalue weighted by molar-refractivity contribution is -0.109. The van der Waals surface area contributed by atoms with Gasteiger partial charge in [0.1, 0.15) is 0 Å². The third-order valence-electron chi connectivity index (χ3n) is 1.22. The van der Waals surface area contributed by atoms with Crippen LogP contribution in [0.25, 0.3) is 0 Å². The Morgan fingerprint density at radius 3 is 3.20 bits per heavy atom. The smallest absolute Gasteiger partial charge is 0.207 e. The number of carbonyl (C=O) groups excluding carboxylic acids is 1. The molecule has 3 nitrogen and oxygen atoms in total. The second kappa shape index (κ2) is 3.71. The van der Waals surface area contributed by atoms with Crippen molar-refractivity contribution in [3.8, 4) is 0 Å². The van der Waals surface area contributed by atoms with Crippen molar-refractivity contribution in [3.05, 3.63) is 24.2 Å². The van der Waals surface area contributed by atoms with E-state index in [2.05, 4.69) is 5.32 Å². The minimum absolute atomic E-state index is 0.670. The Morgan fingerprint density at radius 2 is 2.60 bits per heavy atom. The van der Waals surface area contributed by atoms with E-state index in [9.17, 15) is 4.79 Å². The zero-order chi connectivity index (χ0) is 7.23. The summed E-state index contributed by atoms with van der Waals surface area (Å²) >= 11 is 0. The molecule has 1 N–H and O–H groups in total. The third kappa shape index (κ3) is 1.93.